The average molecular weight is 223 g/mol. The number of ether oxygens (including phenoxy) is 1. The molecule has 4 nitrogen and oxygen atoms in total. The summed E-state index contributed by atoms with van der Waals surface area (Å²) in [5.74, 6) is -0.908. The largest absolute Gasteiger partial charge is 0.480 e. The van der Waals surface area contributed by atoms with Crippen LogP contribution in [0.4, 0.5) is 4.39 Å². The Morgan fingerprint density at radius 3 is 2.75 bits per heavy atom. The lowest BCUT2D eigenvalue weighted by atomic mass is 10.1. The van der Waals surface area contributed by atoms with Gasteiger partial charge in [0.25, 0.3) is 0 Å². The van der Waals surface area contributed by atoms with Crippen LogP contribution < -0.4 is 0 Å². The minimum atomic E-state index is -0.992. The second-order valence-corrected chi connectivity index (χ2v) is 3.49. The Morgan fingerprint density at radius 1 is 1.50 bits per heavy atom. The predicted molar refractivity (Wildman–Crippen MR) is 54.9 cm³/mol. The van der Waals surface area contributed by atoms with E-state index < -0.39 is 12.0 Å². The molecule has 0 fully saturated rings. The molecule has 1 unspecified atom stereocenters. The van der Waals surface area contributed by atoms with Gasteiger partial charge in [0.15, 0.2) is 11.9 Å². The summed E-state index contributed by atoms with van der Waals surface area (Å²) in [6, 6.07) is 5.12. The quantitative estimate of drug-likeness (QED) is 0.838. The highest BCUT2D eigenvalue weighted by molar-refractivity contribution is 5.86. The predicted octanol–water partition coefficient (Wildman–Crippen LogP) is 1.25. The molecule has 84 valence electrons. The van der Waals surface area contributed by atoms with Crippen molar-refractivity contribution in [3.8, 4) is 0 Å². The van der Waals surface area contributed by atoms with Crippen molar-refractivity contribution in [2.75, 3.05) is 6.61 Å². The fraction of sp³-hybridized carbons (Fsp3) is 0.273. The maximum Gasteiger partial charge on any atom is 0.332 e. The lowest BCUT2D eigenvalue weighted by Crippen LogP contribution is -2.18. The Balaban J connectivity index is 2.03. The van der Waals surface area contributed by atoms with Crippen LogP contribution >= 0.6 is 0 Å². The van der Waals surface area contributed by atoms with E-state index in [-0.39, 0.29) is 12.4 Å². The van der Waals surface area contributed by atoms with E-state index in [0.29, 0.717) is 12.3 Å². The van der Waals surface area contributed by atoms with Crippen molar-refractivity contribution in [2.24, 2.45) is 4.99 Å². The van der Waals surface area contributed by atoms with Gasteiger partial charge in [0, 0.05) is 6.42 Å². The van der Waals surface area contributed by atoms with Crippen LogP contribution in [-0.4, -0.2) is 29.6 Å². The highest BCUT2D eigenvalue weighted by Gasteiger charge is 2.24. The molecule has 0 saturated carbocycles. The number of rotatable bonds is 3. The van der Waals surface area contributed by atoms with Gasteiger partial charge >= 0.3 is 5.97 Å². The molecule has 1 heterocycles. The molecule has 0 bridgehead atoms. The van der Waals surface area contributed by atoms with Crippen molar-refractivity contribution >= 4 is 11.9 Å². The van der Waals surface area contributed by atoms with Crippen molar-refractivity contribution in [3.63, 3.8) is 0 Å². The molecule has 0 aliphatic carbocycles. The number of halogens is 1. The van der Waals surface area contributed by atoms with Gasteiger partial charge in [0.1, 0.15) is 12.4 Å². The first-order valence-corrected chi connectivity index (χ1v) is 4.82. The first kappa shape index (κ1) is 10.6. The van der Waals surface area contributed by atoms with Crippen LogP contribution in [0.2, 0.25) is 0 Å². The Kier molecular flexibility index (Phi) is 2.85. The average Bonchev–Trinajstić information content (AvgIpc) is 2.70. The standard InChI is InChI=1S/C11H10FNO3/c12-8-3-1-7(2-4-8)5-10-13-9(6-16-10)11(14)15/h1-4,9H,5-6H2,(H,14,15). The molecular weight excluding hydrogens is 213 g/mol. The zero-order valence-electron chi connectivity index (χ0n) is 8.39. The van der Waals surface area contributed by atoms with Gasteiger partial charge in [-0.2, -0.15) is 0 Å². The fourth-order valence-electron chi connectivity index (χ4n) is 1.42. The summed E-state index contributed by atoms with van der Waals surface area (Å²) in [6.45, 7) is 0.0753. The van der Waals surface area contributed by atoms with Gasteiger partial charge in [-0.25, -0.2) is 14.2 Å². The maximum absolute atomic E-state index is 12.6. The summed E-state index contributed by atoms with van der Waals surface area (Å²) in [5, 5.41) is 8.70. The van der Waals surface area contributed by atoms with E-state index in [1.54, 1.807) is 12.1 Å². The van der Waals surface area contributed by atoms with Gasteiger partial charge in [-0.1, -0.05) is 12.1 Å². The Labute approximate surface area is 91.4 Å². The fourth-order valence-corrected chi connectivity index (χ4v) is 1.42. The number of aliphatic carboxylic acids is 1. The molecule has 0 saturated heterocycles. The van der Waals surface area contributed by atoms with Gasteiger partial charge < -0.3 is 9.84 Å². The van der Waals surface area contributed by atoms with Crippen LogP contribution in [0.15, 0.2) is 29.3 Å². The molecule has 16 heavy (non-hydrogen) atoms. The molecule has 0 spiro atoms. The monoisotopic (exact) mass is 223 g/mol. The third-order valence-corrected chi connectivity index (χ3v) is 2.26. The van der Waals surface area contributed by atoms with Crippen LogP contribution in [-0.2, 0) is 16.0 Å². The van der Waals surface area contributed by atoms with E-state index in [0.717, 1.165) is 5.56 Å². The van der Waals surface area contributed by atoms with Gasteiger partial charge in [0.2, 0.25) is 0 Å². The van der Waals surface area contributed by atoms with Crippen LogP contribution in [0.5, 0.6) is 0 Å². The zero-order valence-corrected chi connectivity index (χ0v) is 8.39. The van der Waals surface area contributed by atoms with Crippen molar-refractivity contribution < 1.29 is 19.0 Å². The van der Waals surface area contributed by atoms with Crippen molar-refractivity contribution in [3.05, 3.63) is 35.6 Å². The molecule has 1 aliphatic heterocycles. The number of benzene rings is 1. The van der Waals surface area contributed by atoms with E-state index in [1.807, 2.05) is 0 Å². The molecule has 5 heteroatoms. The highest BCUT2D eigenvalue weighted by atomic mass is 19.1. The SMILES string of the molecule is O=C(O)C1COC(Cc2ccc(F)cc2)=N1. The number of hydrogen-bond acceptors (Lipinski definition) is 3. The summed E-state index contributed by atoms with van der Waals surface area (Å²) in [7, 11) is 0. The first-order valence-electron chi connectivity index (χ1n) is 4.82. The number of nitrogens with zero attached hydrogens (tertiary/aromatic N) is 1. The molecule has 1 aromatic carbocycles. The van der Waals surface area contributed by atoms with E-state index in [4.69, 9.17) is 9.84 Å². The van der Waals surface area contributed by atoms with E-state index in [9.17, 15) is 9.18 Å². The summed E-state index contributed by atoms with van der Waals surface area (Å²) in [4.78, 5) is 14.5. The topological polar surface area (TPSA) is 58.9 Å². The van der Waals surface area contributed by atoms with Crippen molar-refractivity contribution in [1.82, 2.24) is 0 Å². The van der Waals surface area contributed by atoms with E-state index in [2.05, 4.69) is 4.99 Å². The second kappa shape index (κ2) is 4.30. The minimum absolute atomic E-state index is 0.0753. The van der Waals surface area contributed by atoms with Crippen molar-refractivity contribution in [2.45, 2.75) is 12.5 Å². The number of carbonyl (C=O) groups is 1. The molecule has 1 atom stereocenters. The van der Waals surface area contributed by atoms with E-state index in [1.165, 1.54) is 12.1 Å². The van der Waals surface area contributed by atoms with Gasteiger partial charge in [-0.05, 0) is 17.7 Å². The smallest absolute Gasteiger partial charge is 0.332 e. The molecule has 0 amide bonds. The molecular formula is C11H10FNO3. The minimum Gasteiger partial charge on any atom is -0.480 e. The number of hydrogen-bond donors (Lipinski definition) is 1. The summed E-state index contributed by atoms with van der Waals surface area (Å²) >= 11 is 0. The number of carboxylic acid groups (broad SMARTS) is 1. The van der Waals surface area contributed by atoms with Crippen LogP contribution in [0.25, 0.3) is 0 Å². The number of carboxylic acids is 1. The van der Waals surface area contributed by atoms with Crippen LogP contribution in [0, 0.1) is 5.82 Å². The van der Waals surface area contributed by atoms with Gasteiger partial charge in [-0.15, -0.1) is 0 Å². The molecule has 1 N–H and O–H groups in total. The molecule has 0 radical (unpaired) electrons. The molecule has 2 rings (SSSR count). The Bertz CT molecular complexity index is 427. The van der Waals surface area contributed by atoms with Gasteiger partial charge in [-0.3, -0.25) is 0 Å². The molecule has 0 aromatic heterocycles. The third-order valence-electron chi connectivity index (χ3n) is 2.26. The highest BCUT2D eigenvalue weighted by Crippen LogP contribution is 2.10. The van der Waals surface area contributed by atoms with Crippen LogP contribution in [0.3, 0.4) is 0 Å². The van der Waals surface area contributed by atoms with E-state index >= 15 is 0 Å². The normalized spacial score (nSPS) is 19.1. The lowest BCUT2D eigenvalue weighted by Gasteiger charge is -2.00. The van der Waals surface area contributed by atoms with Crippen LogP contribution in [0.1, 0.15) is 5.56 Å². The summed E-state index contributed by atoms with van der Waals surface area (Å²) < 4.78 is 17.8. The molecule has 1 aliphatic rings. The second-order valence-electron chi connectivity index (χ2n) is 3.49. The Morgan fingerprint density at radius 2 is 2.19 bits per heavy atom. The van der Waals surface area contributed by atoms with Crippen molar-refractivity contribution in [1.29, 1.82) is 0 Å². The first-order chi connectivity index (χ1) is 7.65. The van der Waals surface area contributed by atoms with Gasteiger partial charge in [0.05, 0.1) is 0 Å². The summed E-state index contributed by atoms with van der Waals surface area (Å²) in [5.41, 5.74) is 0.839. The maximum atomic E-state index is 12.6. The zero-order chi connectivity index (χ0) is 11.5. The molecule has 1 aromatic rings. The third kappa shape index (κ3) is 2.36. The lowest BCUT2D eigenvalue weighted by molar-refractivity contribution is -0.138. The summed E-state index contributed by atoms with van der Waals surface area (Å²) in [6.07, 6.45) is 0.393. The number of aliphatic imine (C=N–C) groups is 1. The Hall–Kier alpha value is -1.91.